The molecule has 1 aromatic heterocycles. The van der Waals surface area contributed by atoms with Crippen LogP contribution in [0.15, 0.2) is 46.9 Å². The van der Waals surface area contributed by atoms with Gasteiger partial charge in [-0.1, -0.05) is 30.3 Å². The van der Waals surface area contributed by atoms with Crippen LogP contribution in [0.1, 0.15) is 28.3 Å². The van der Waals surface area contributed by atoms with Gasteiger partial charge in [-0.3, -0.25) is 4.79 Å². The number of hydrogen-bond acceptors (Lipinski definition) is 3. The summed E-state index contributed by atoms with van der Waals surface area (Å²) in [7, 11) is 0. The minimum Gasteiger partial charge on any atom is -0.456 e. The standard InChI is InChI=1S/C16H16F3NO3/c1-11-7-8-13(23-11)14(21)20-10-9-15(22,16(17,18)19)12-5-3-2-4-6-12/h2-8,22H,9-10H2,1H3,(H,20,21)/t15-/m1/s1. The second-order valence-electron chi connectivity index (χ2n) is 5.14. The molecule has 2 N–H and O–H groups in total. The Morgan fingerprint density at radius 1 is 1.17 bits per heavy atom. The molecule has 2 aromatic rings. The number of halogens is 3. The number of carbonyl (C=O) groups is 1. The Bertz CT molecular complexity index is 667. The van der Waals surface area contributed by atoms with Crippen molar-refractivity contribution in [3.05, 3.63) is 59.5 Å². The first kappa shape index (κ1) is 17.1. The van der Waals surface area contributed by atoms with E-state index < -0.39 is 24.1 Å². The van der Waals surface area contributed by atoms with Crippen LogP contribution in [0.25, 0.3) is 0 Å². The molecule has 0 spiro atoms. The zero-order valence-electron chi connectivity index (χ0n) is 12.4. The summed E-state index contributed by atoms with van der Waals surface area (Å²) >= 11 is 0. The highest BCUT2D eigenvalue weighted by atomic mass is 19.4. The average Bonchev–Trinajstić information content (AvgIpc) is 2.93. The Kier molecular flexibility index (Phi) is 4.79. The van der Waals surface area contributed by atoms with Gasteiger partial charge >= 0.3 is 6.18 Å². The lowest BCUT2D eigenvalue weighted by Crippen LogP contribution is -2.45. The Labute approximate surface area is 130 Å². The zero-order valence-corrected chi connectivity index (χ0v) is 12.4. The molecule has 0 unspecified atom stereocenters. The number of aryl methyl sites for hydroxylation is 1. The number of furan rings is 1. The van der Waals surface area contributed by atoms with Crippen molar-refractivity contribution < 1.29 is 27.5 Å². The first-order valence-electron chi connectivity index (χ1n) is 6.93. The maximum Gasteiger partial charge on any atom is 0.421 e. The Hall–Kier alpha value is -2.28. The van der Waals surface area contributed by atoms with Gasteiger partial charge in [-0.25, -0.2) is 0 Å². The molecule has 4 nitrogen and oxygen atoms in total. The second-order valence-corrected chi connectivity index (χ2v) is 5.14. The van der Waals surface area contributed by atoms with Crippen LogP contribution in [0, 0.1) is 6.92 Å². The van der Waals surface area contributed by atoms with Crippen molar-refractivity contribution >= 4 is 5.91 Å². The number of aliphatic hydroxyl groups is 1. The van der Waals surface area contributed by atoms with E-state index in [2.05, 4.69) is 5.32 Å². The van der Waals surface area contributed by atoms with Gasteiger partial charge in [-0.15, -0.1) is 0 Å². The van der Waals surface area contributed by atoms with E-state index in [9.17, 15) is 23.1 Å². The Morgan fingerprint density at radius 3 is 2.35 bits per heavy atom. The summed E-state index contributed by atoms with van der Waals surface area (Å²) < 4.78 is 44.9. The summed E-state index contributed by atoms with van der Waals surface area (Å²) in [6.45, 7) is 1.29. The normalized spacial score (nSPS) is 14.3. The third-order valence-electron chi connectivity index (χ3n) is 3.46. The molecule has 1 amide bonds. The molecule has 1 heterocycles. The van der Waals surface area contributed by atoms with E-state index in [0.29, 0.717) is 5.76 Å². The third kappa shape index (κ3) is 3.73. The number of alkyl halides is 3. The van der Waals surface area contributed by atoms with Gasteiger partial charge in [-0.2, -0.15) is 13.2 Å². The number of nitrogens with one attached hydrogen (secondary N) is 1. The molecule has 0 aliphatic carbocycles. The smallest absolute Gasteiger partial charge is 0.421 e. The maximum absolute atomic E-state index is 13.3. The highest BCUT2D eigenvalue weighted by Gasteiger charge is 2.54. The van der Waals surface area contributed by atoms with Crippen LogP contribution in [-0.2, 0) is 5.60 Å². The maximum atomic E-state index is 13.3. The summed E-state index contributed by atoms with van der Waals surface area (Å²) in [5, 5.41) is 12.4. The largest absolute Gasteiger partial charge is 0.456 e. The average molecular weight is 327 g/mol. The van der Waals surface area contributed by atoms with Gasteiger partial charge in [-0.05, 0) is 24.6 Å². The van der Waals surface area contributed by atoms with Gasteiger partial charge in [0.05, 0.1) is 0 Å². The van der Waals surface area contributed by atoms with Crippen molar-refractivity contribution in [3.63, 3.8) is 0 Å². The zero-order chi connectivity index (χ0) is 17.1. The van der Waals surface area contributed by atoms with Crippen LogP contribution in [0.4, 0.5) is 13.2 Å². The fourth-order valence-corrected chi connectivity index (χ4v) is 2.16. The molecular formula is C16H16F3NO3. The van der Waals surface area contributed by atoms with E-state index in [-0.39, 0.29) is 17.9 Å². The van der Waals surface area contributed by atoms with Crippen molar-refractivity contribution in [1.29, 1.82) is 0 Å². The Morgan fingerprint density at radius 2 is 1.83 bits per heavy atom. The molecule has 23 heavy (non-hydrogen) atoms. The number of rotatable bonds is 5. The third-order valence-corrected chi connectivity index (χ3v) is 3.46. The molecule has 0 aliphatic heterocycles. The molecule has 124 valence electrons. The van der Waals surface area contributed by atoms with Gasteiger partial charge in [0.25, 0.3) is 5.91 Å². The summed E-state index contributed by atoms with van der Waals surface area (Å²) in [4.78, 5) is 11.8. The van der Waals surface area contributed by atoms with Crippen LogP contribution in [-0.4, -0.2) is 23.7 Å². The van der Waals surface area contributed by atoms with Gasteiger partial charge in [0.2, 0.25) is 0 Å². The highest BCUT2D eigenvalue weighted by Crippen LogP contribution is 2.41. The summed E-state index contributed by atoms with van der Waals surface area (Å²) in [6.07, 6.45) is -5.56. The number of benzene rings is 1. The van der Waals surface area contributed by atoms with Crippen molar-refractivity contribution in [2.45, 2.75) is 25.1 Å². The Balaban J connectivity index is 2.07. The quantitative estimate of drug-likeness (QED) is 0.887. The molecule has 1 aromatic carbocycles. The fourth-order valence-electron chi connectivity index (χ4n) is 2.16. The minimum absolute atomic E-state index is 0.0118. The van der Waals surface area contributed by atoms with E-state index in [1.807, 2.05) is 0 Å². The van der Waals surface area contributed by atoms with E-state index in [1.165, 1.54) is 30.3 Å². The highest BCUT2D eigenvalue weighted by molar-refractivity contribution is 5.91. The number of amides is 1. The van der Waals surface area contributed by atoms with Crippen molar-refractivity contribution in [2.24, 2.45) is 0 Å². The van der Waals surface area contributed by atoms with Gasteiger partial charge in [0.1, 0.15) is 5.76 Å². The molecule has 0 saturated carbocycles. The van der Waals surface area contributed by atoms with Gasteiger partial charge in [0, 0.05) is 13.0 Å². The predicted molar refractivity (Wildman–Crippen MR) is 76.8 cm³/mol. The molecule has 0 bridgehead atoms. The summed E-state index contributed by atoms with van der Waals surface area (Å²) in [5.41, 5.74) is -3.30. The SMILES string of the molecule is Cc1ccc(C(=O)NCC[C@@](O)(c2ccccc2)C(F)(F)F)o1. The number of hydrogen-bond donors (Lipinski definition) is 2. The van der Waals surface area contributed by atoms with E-state index in [4.69, 9.17) is 4.42 Å². The minimum atomic E-state index is -4.86. The van der Waals surface area contributed by atoms with Crippen LogP contribution < -0.4 is 5.32 Å². The summed E-state index contributed by atoms with van der Waals surface area (Å²) in [6, 6.07) is 9.78. The molecule has 1 atom stereocenters. The lowest BCUT2D eigenvalue weighted by Gasteiger charge is -2.31. The van der Waals surface area contributed by atoms with Crippen LogP contribution in [0.5, 0.6) is 0 Å². The van der Waals surface area contributed by atoms with E-state index >= 15 is 0 Å². The van der Waals surface area contributed by atoms with Crippen LogP contribution >= 0.6 is 0 Å². The van der Waals surface area contributed by atoms with Crippen molar-refractivity contribution in [3.8, 4) is 0 Å². The lowest BCUT2D eigenvalue weighted by atomic mass is 9.89. The first-order valence-corrected chi connectivity index (χ1v) is 6.93. The van der Waals surface area contributed by atoms with Crippen molar-refractivity contribution in [1.82, 2.24) is 5.32 Å². The molecule has 2 rings (SSSR count). The molecular weight excluding hydrogens is 311 g/mol. The molecule has 0 aliphatic rings. The van der Waals surface area contributed by atoms with Crippen LogP contribution in [0.3, 0.4) is 0 Å². The molecule has 0 radical (unpaired) electrons. The second kappa shape index (κ2) is 6.45. The predicted octanol–water partition coefficient (Wildman–Crippen LogP) is 3.16. The van der Waals surface area contributed by atoms with E-state index in [0.717, 1.165) is 0 Å². The fraction of sp³-hybridized carbons (Fsp3) is 0.312. The first-order chi connectivity index (χ1) is 10.7. The van der Waals surface area contributed by atoms with Crippen molar-refractivity contribution in [2.75, 3.05) is 6.54 Å². The van der Waals surface area contributed by atoms with E-state index in [1.54, 1.807) is 19.1 Å². The van der Waals surface area contributed by atoms with Gasteiger partial charge < -0.3 is 14.8 Å². The lowest BCUT2D eigenvalue weighted by molar-refractivity contribution is -0.268. The molecule has 0 fully saturated rings. The number of carbonyl (C=O) groups excluding carboxylic acids is 1. The monoisotopic (exact) mass is 327 g/mol. The topological polar surface area (TPSA) is 62.5 Å². The van der Waals surface area contributed by atoms with Crippen LogP contribution in [0.2, 0.25) is 0 Å². The molecule has 7 heteroatoms. The molecule has 0 saturated heterocycles. The summed E-state index contributed by atoms with van der Waals surface area (Å²) in [5.74, 6) is -0.0975. The van der Waals surface area contributed by atoms with Gasteiger partial charge in [0.15, 0.2) is 11.4 Å².